The zero-order valence-electron chi connectivity index (χ0n) is 11.5. The Labute approximate surface area is 123 Å². The summed E-state index contributed by atoms with van der Waals surface area (Å²) in [6, 6.07) is 4.07. The van der Waals surface area contributed by atoms with Gasteiger partial charge in [0.1, 0.15) is 6.61 Å². The van der Waals surface area contributed by atoms with Gasteiger partial charge in [0.25, 0.3) is 0 Å². The number of aromatic amines is 1. The Kier molecular flexibility index (Phi) is 2.70. The molecule has 0 bridgehead atoms. The molecule has 1 aromatic heterocycles. The molecule has 1 N–H and O–H groups in total. The van der Waals surface area contributed by atoms with Crippen molar-refractivity contribution in [3.63, 3.8) is 0 Å². The highest BCUT2D eigenvalue weighted by molar-refractivity contribution is 5.94. The second kappa shape index (κ2) is 4.41. The first-order valence-corrected chi connectivity index (χ1v) is 7.12. The van der Waals surface area contributed by atoms with E-state index in [4.69, 9.17) is 4.74 Å². The van der Waals surface area contributed by atoms with Gasteiger partial charge in [-0.3, -0.25) is 4.79 Å². The van der Waals surface area contributed by atoms with Crippen molar-refractivity contribution in [2.45, 2.75) is 25.1 Å². The molecular formula is C15H13F3N2O2. The van der Waals surface area contributed by atoms with Gasteiger partial charge in [-0.25, -0.2) is 0 Å². The van der Waals surface area contributed by atoms with Crippen LogP contribution in [0.1, 0.15) is 18.4 Å². The Morgan fingerprint density at radius 2 is 2.14 bits per heavy atom. The van der Waals surface area contributed by atoms with Crippen LogP contribution in [-0.4, -0.2) is 24.2 Å². The molecule has 0 unspecified atom stereocenters. The van der Waals surface area contributed by atoms with Gasteiger partial charge < -0.3 is 14.6 Å². The predicted octanol–water partition coefficient (Wildman–Crippen LogP) is 2.91. The van der Waals surface area contributed by atoms with E-state index >= 15 is 0 Å². The second-order valence-electron chi connectivity index (χ2n) is 5.68. The molecule has 0 aliphatic carbocycles. The quantitative estimate of drug-likeness (QED) is 0.814. The standard InChI is InChI=1S/C15H13F3N2O2/c16-15(17,18)9-6-12(21)19-10-3-4-11-14(13(9)10)22-7-8-2-1-5-20(8)11/h3-4,6,8H,1-2,5,7H2,(H,19,21)/t8-/m1/s1. The SMILES string of the molecule is O=c1cc(C(F)(F)F)c2c3c(ccc2[nH]1)N1CCC[C@@H]1CO3. The number of H-pyrrole nitrogens is 1. The van der Waals surface area contributed by atoms with Crippen LogP contribution in [0.2, 0.25) is 0 Å². The molecule has 0 saturated carbocycles. The zero-order chi connectivity index (χ0) is 15.5. The van der Waals surface area contributed by atoms with Crippen LogP contribution in [0.25, 0.3) is 10.9 Å². The largest absolute Gasteiger partial charge is 0.489 e. The topological polar surface area (TPSA) is 45.3 Å². The van der Waals surface area contributed by atoms with Gasteiger partial charge in [-0.2, -0.15) is 13.2 Å². The minimum Gasteiger partial charge on any atom is -0.489 e. The molecule has 0 radical (unpaired) electrons. The Bertz CT molecular complexity index is 813. The minimum absolute atomic E-state index is 0.0602. The smallest absolute Gasteiger partial charge is 0.417 e. The third-order valence-corrected chi connectivity index (χ3v) is 4.35. The summed E-state index contributed by atoms with van der Waals surface area (Å²) in [5.41, 5.74) is -0.884. The van der Waals surface area contributed by atoms with Crippen molar-refractivity contribution in [2.24, 2.45) is 0 Å². The average molecular weight is 310 g/mol. The van der Waals surface area contributed by atoms with Crippen molar-refractivity contribution < 1.29 is 17.9 Å². The van der Waals surface area contributed by atoms with E-state index in [1.54, 1.807) is 6.07 Å². The number of aromatic nitrogens is 1. The monoisotopic (exact) mass is 310 g/mol. The fourth-order valence-corrected chi connectivity index (χ4v) is 3.42. The summed E-state index contributed by atoms with van der Waals surface area (Å²) in [4.78, 5) is 16.1. The number of rotatable bonds is 0. The molecule has 4 rings (SSSR count). The first-order valence-electron chi connectivity index (χ1n) is 7.12. The normalized spacial score (nSPS) is 20.7. The molecule has 7 heteroatoms. The maximum absolute atomic E-state index is 13.3. The summed E-state index contributed by atoms with van der Waals surface area (Å²) in [5, 5.41) is -0.0602. The van der Waals surface area contributed by atoms with Gasteiger partial charge in [-0.1, -0.05) is 0 Å². The van der Waals surface area contributed by atoms with Crippen molar-refractivity contribution in [1.82, 2.24) is 4.98 Å². The number of hydrogen-bond donors (Lipinski definition) is 1. The zero-order valence-corrected chi connectivity index (χ0v) is 11.5. The molecule has 1 saturated heterocycles. The van der Waals surface area contributed by atoms with Gasteiger partial charge in [-0.15, -0.1) is 0 Å². The predicted molar refractivity (Wildman–Crippen MR) is 75.4 cm³/mol. The molecule has 2 aromatic rings. The molecule has 22 heavy (non-hydrogen) atoms. The van der Waals surface area contributed by atoms with Crippen LogP contribution < -0.4 is 15.2 Å². The van der Waals surface area contributed by atoms with Crippen molar-refractivity contribution in [3.8, 4) is 5.75 Å². The van der Waals surface area contributed by atoms with E-state index < -0.39 is 17.3 Å². The van der Waals surface area contributed by atoms with Crippen molar-refractivity contribution in [3.05, 3.63) is 34.1 Å². The van der Waals surface area contributed by atoms with Crippen LogP contribution >= 0.6 is 0 Å². The Morgan fingerprint density at radius 1 is 1.32 bits per heavy atom. The number of halogens is 3. The molecule has 2 aliphatic rings. The summed E-state index contributed by atoms with van der Waals surface area (Å²) in [6.45, 7) is 1.19. The fraction of sp³-hybridized carbons (Fsp3) is 0.400. The molecule has 0 amide bonds. The van der Waals surface area contributed by atoms with Crippen LogP contribution in [0.3, 0.4) is 0 Å². The lowest BCUT2D eigenvalue weighted by Crippen LogP contribution is -2.38. The number of ether oxygens (including phenoxy) is 1. The molecular weight excluding hydrogens is 297 g/mol. The number of nitrogens with one attached hydrogen (secondary N) is 1. The summed E-state index contributed by atoms with van der Waals surface area (Å²) in [6.07, 6.45) is -2.62. The van der Waals surface area contributed by atoms with Crippen molar-refractivity contribution in [2.75, 3.05) is 18.1 Å². The molecule has 3 heterocycles. The molecule has 116 valence electrons. The van der Waals surface area contributed by atoms with E-state index in [1.165, 1.54) is 6.07 Å². The Balaban J connectivity index is 2.05. The van der Waals surface area contributed by atoms with E-state index in [2.05, 4.69) is 9.88 Å². The Morgan fingerprint density at radius 3 is 2.91 bits per heavy atom. The number of benzene rings is 1. The van der Waals surface area contributed by atoms with Crippen LogP contribution in [0, 0.1) is 0 Å². The number of alkyl halides is 3. The van der Waals surface area contributed by atoms with Crippen LogP contribution in [0.15, 0.2) is 23.0 Å². The van der Waals surface area contributed by atoms with Crippen LogP contribution in [-0.2, 0) is 6.18 Å². The molecule has 0 spiro atoms. The first kappa shape index (κ1) is 13.5. The highest BCUT2D eigenvalue weighted by Crippen LogP contribution is 2.46. The van der Waals surface area contributed by atoms with Gasteiger partial charge in [-0.05, 0) is 25.0 Å². The molecule has 1 fully saturated rings. The number of pyridine rings is 1. The molecule has 4 nitrogen and oxygen atoms in total. The lowest BCUT2D eigenvalue weighted by molar-refractivity contribution is -0.136. The number of fused-ring (bicyclic) bond motifs is 5. The lowest BCUT2D eigenvalue weighted by atomic mass is 10.0. The average Bonchev–Trinajstić information content (AvgIpc) is 2.93. The highest BCUT2D eigenvalue weighted by Gasteiger charge is 2.38. The summed E-state index contributed by atoms with van der Waals surface area (Å²) < 4.78 is 45.6. The lowest BCUT2D eigenvalue weighted by Gasteiger charge is -2.34. The van der Waals surface area contributed by atoms with Gasteiger partial charge in [0.15, 0.2) is 5.75 Å². The third-order valence-electron chi connectivity index (χ3n) is 4.35. The van der Waals surface area contributed by atoms with Crippen molar-refractivity contribution >= 4 is 16.6 Å². The summed E-state index contributed by atoms with van der Waals surface area (Å²) in [7, 11) is 0. The number of anilines is 1. The number of nitrogens with zero attached hydrogens (tertiary/aromatic N) is 1. The second-order valence-corrected chi connectivity index (χ2v) is 5.68. The molecule has 1 aromatic carbocycles. The van der Waals surface area contributed by atoms with Gasteiger partial charge in [0.05, 0.1) is 28.2 Å². The maximum atomic E-state index is 13.3. The van der Waals surface area contributed by atoms with Crippen LogP contribution in [0.5, 0.6) is 5.75 Å². The van der Waals surface area contributed by atoms with E-state index in [0.717, 1.165) is 19.4 Å². The highest BCUT2D eigenvalue weighted by atomic mass is 19.4. The van der Waals surface area contributed by atoms with E-state index in [-0.39, 0.29) is 22.7 Å². The Hall–Kier alpha value is -2.18. The summed E-state index contributed by atoms with van der Waals surface area (Å²) >= 11 is 0. The third kappa shape index (κ3) is 1.88. The van der Waals surface area contributed by atoms with E-state index in [1.807, 2.05) is 0 Å². The van der Waals surface area contributed by atoms with E-state index in [9.17, 15) is 18.0 Å². The molecule has 2 aliphatic heterocycles. The molecule has 1 atom stereocenters. The first-order chi connectivity index (χ1) is 10.4. The fourth-order valence-electron chi connectivity index (χ4n) is 3.42. The van der Waals surface area contributed by atoms with Gasteiger partial charge in [0.2, 0.25) is 5.56 Å². The van der Waals surface area contributed by atoms with E-state index in [0.29, 0.717) is 18.4 Å². The van der Waals surface area contributed by atoms with Crippen LogP contribution in [0.4, 0.5) is 18.9 Å². The maximum Gasteiger partial charge on any atom is 0.417 e. The van der Waals surface area contributed by atoms with Gasteiger partial charge >= 0.3 is 6.18 Å². The minimum atomic E-state index is -4.60. The summed E-state index contributed by atoms with van der Waals surface area (Å²) in [5.74, 6) is 0.222. The van der Waals surface area contributed by atoms with Gasteiger partial charge in [0, 0.05) is 12.6 Å². The number of hydrogen-bond acceptors (Lipinski definition) is 3. The van der Waals surface area contributed by atoms with Crippen molar-refractivity contribution in [1.29, 1.82) is 0 Å².